The Morgan fingerprint density at radius 3 is 2.65 bits per heavy atom. The van der Waals surface area contributed by atoms with Crippen LogP contribution < -0.4 is 20.1 Å². The first-order valence-electron chi connectivity index (χ1n) is 10.5. The van der Waals surface area contributed by atoms with Crippen LogP contribution in [0.15, 0.2) is 42.9 Å². The molecule has 0 fully saturated rings. The van der Waals surface area contributed by atoms with Crippen molar-refractivity contribution in [3.05, 3.63) is 54.4 Å². The largest absolute Gasteiger partial charge is 0.497 e. The van der Waals surface area contributed by atoms with Gasteiger partial charge < -0.3 is 20.1 Å². The van der Waals surface area contributed by atoms with Crippen LogP contribution in [0.2, 0.25) is 0 Å². The molecule has 2 aromatic carbocycles. The van der Waals surface area contributed by atoms with Gasteiger partial charge in [0.25, 0.3) is 0 Å². The van der Waals surface area contributed by atoms with Crippen molar-refractivity contribution in [2.75, 3.05) is 24.9 Å². The molecule has 0 atom stereocenters. The van der Waals surface area contributed by atoms with Gasteiger partial charge in [0, 0.05) is 18.3 Å². The monoisotopic (exact) mass is 465 g/mol. The minimum Gasteiger partial charge on any atom is -0.497 e. The Morgan fingerprint density at radius 2 is 1.94 bits per heavy atom. The van der Waals surface area contributed by atoms with Gasteiger partial charge in [-0.15, -0.1) is 5.10 Å². The van der Waals surface area contributed by atoms with Crippen LogP contribution in [0.25, 0.3) is 10.9 Å². The van der Waals surface area contributed by atoms with Crippen molar-refractivity contribution in [2.24, 2.45) is 0 Å². The zero-order valence-electron chi connectivity index (χ0n) is 19.2. The molecular weight excluding hydrogens is 441 g/mol. The van der Waals surface area contributed by atoms with E-state index in [1.165, 1.54) is 24.2 Å². The summed E-state index contributed by atoms with van der Waals surface area (Å²) in [5, 5.41) is 14.1. The number of carbonyl (C=O) groups is 1. The summed E-state index contributed by atoms with van der Waals surface area (Å²) in [5.41, 5.74) is 1.48. The molecule has 2 aromatic heterocycles. The second kappa shape index (κ2) is 9.69. The molecule has 0 bridgehead atoms. The van der Waals surface area contributed by atoms with Gasteiger partial charge in [-0.25, -0.2) is 19.0 Å². The van der Waals surface area contributed by atoms with Crippen molar-refractivity contribution in [1.29, 1.82) is 0 Å². The number of hydrogen-bond donors (Lipinski definition) is 2. The summed E-state index contributed by atoms with van der Waals surface area (Å²) in [7, 11) is 3.06. The molecule has 0 spiro atoms. The number of anilines is 3. The number of ether oxygens (including phenoxy) is 2. The van der Waals surface area contributed by atoms with Gasteiger partial charge in [-0.1, -0.05) is 25.1 Å². The second-order valence-electron chi connectivity index (χ2n) is 7.78. The second-order valence-corrected chi connectivity index (χ2v) is 7.78. The first-order chi connectivity index (χ1) is 16.4. The summed E-state index contributed by atoms with van der Waals surface area (Å²) >= 11 is 0. The van der Waals surface area contributed by atoms with Gasteiger partial charge >= 0.3 is 0 Å². The number of fused-ring (bicyclic) bond motifs is 1. The van der Waals surface area contributed by atoms with E-state index in [1.807, 2.05) is 13.8 Å². The number of carbonyl (C=O) groups excluding carboxylic acids is 1. The highest BCUT2D eigenvalue weighted by atomic mass is 19.1. The molecule has 0 aliphatic rings. The summed E-state index contributed by atoms with van der Waals surface area (Å²) in [6.45, 7) is 3.87. The van der Waals surface area contributed by atoms with Crippen LogP contribution in [0, 0.1) is 5.82 Å². The fourth-order valence-electron chi connectivity index (χ4n) is 3.35. The minimum atomic E-state index is -0.642. The number of aromatic nitrogens is 5. The molecule has 4 aromatic rings. The van der Waals surface area contributed by atoms with Crippen molar-refractivity contribution >= 4 is 34.0 Å². The number of rotatable bonds is 8. The van der Waals surface area contributed by atoms with Gasteiger partial charge in [0.05, 0.1) is 42.2 Å². The molecular formula is C23H24FN7O3. The zero-order chi connectivity index (χ0) is 24.2. The molecule has 0 saturated heterocycles. The molecule has 11 heteroatoms. The summed E-state index contributed by atoms with van der Waals surface area (Å²) < 4.78 is 27.4. The van der Waals surface area contributed by atoms with Gasteiger partial charge in [0.15, 0.2) is 5.82 Å². The molecule has 1 amide bonds. The Morgan fingerprint density at radius 1 is 1.15 bits per heavy atom. The first-order valence-corrected chi connectivity index (χ1v) is 10.5. The lowest BCUT2D eigenvalue weighted by atomic mass is 10.2. The van der Waals surface area contributed by atoms with E-state index >= 15 is 4.39 Å². The van der Waals surface area contributed by atoms with Crippen LogP contribution in [0.4, 0.5) is 21.6 Å². The maximum absolute atomic E-state index is 15.3. The molecule has 0 aliphatic carbocycles. The van der Waals surface area contributed by atoms with Gasteiger partial charge in [-0.05, 0) is 18.1 Å². The van der Waals surface area contributed by atoms with Crippen molar-refractivity contribution in [3.63, 3.8) is 0 Å². The van der Waals surface area contributed by atoms with Gasteiger partial charge in [-0.2, -0.15) is 0 Å². The molecule has 2 N–H and O–H groups in total. The predicted octanol–water partition coefficient (Wildman–Crippen LogP) is 3.88. The standard InChI is InChI=1S/C23H24FN7O3/c1-13(2)18-10-31(30-29-18)11-20(32)27-15-6-5-7-16(22(15)24)28-23-21-17(25-12-26-23)8-14(33-3)9-19(21)34-4/h5-10,12-13H,11H2,1-4H3,(H,27,32)(H,25,26,28). The topological polar surface area (TPSA) is 116 Å². The van der Waals surface area contributed by atoms with E-state index < -0.39 is 11.7 Å². The average Bonchev–Trinajstić information content (AvgIpc) is 3.29. The lowest BCUT2D eigenvalue weighted by Crippen LogP contribution is -2.20. The van der Waals surface area contributed by atoms with Crippen LogP contribution in [-0.2, 0) is 11.3 Å². The number of nitrogens with one attached hydrogen (secondary N) is 2. The minimum absolute atomic E-state index is 0.0196. The third-order valence-corrected chi connectivity index (χ3v) is 5.11. The fourth-order valence-corrected chi connectivity index (χ4v) is 3.35. The maximum Gasteiger partial charge on any atom is 0.246 e. The van der Waals surface area contributed by atoms with Crippen LogP contribution in [0.3, 0.4) is 0 Å². The van der Waals surface area contributed by atoms with E-state index in [0.717, 1.165) is 5.69 Å². The van der Waals surface area contributed by atoms with E-state index in [9.17, 15) is 4.79 Å². The summed E-state index contributed by atoms with van der Waals surface area (Å²) in [6.07, 6.45) is 3.05. The fraction of sp³-hybridized carbons (Fsp3) is 0.261. The number of halogens is 1. The molecule has 0 aliphatic heterocycles. The lowest BCUT2D eigenvalue weighted by Gasteiger charge is -2.14. The molecule has 0 radical (unpaired) electrons. The Balaban J connectivity index is 1.58. The molecule has 4 rings (SSSR count). The van der Waals surface area contributed by atoms with E-state index in [-0.39, 0.29) is 23.8 Å². The Bertz CT molecular complexity index is 1340. The van der Waals surface area contributed by atoms with E-state index in [1.54, 1.807) is 37.6 Å². The highest BCUT2D eigenvalue weighted by Crippen LogP contribution is 2.36. The highest BCUT2D eigenvalue weighted by Gasteiger charge is 2.16. The zero-order valence-corrected chi connectivity index (χ0v) is 19.2. The summed E-state index contributed by atoms with van der Waals surface area (Å²) in [5.74, 6) is 0.494. The van der Waals surface area contributed by atoms with E-state index in [0.29, 0.717) is 28.2 Å². The Kier molecular flexibility index (Phi) is 6.53. The van der Waals surface area contributed by atoms with Crippen molar-refractivity contribution < 1.29 is 18.7 Å². The van der Waals surface area contributed by atoms with Crippen molar-refractivity contribution in [1.82, 2.24) is 25.0 Å². The number of hydrogen-bond acceptors (Lipinski definition) is 8. The smallest absolute Gasteiger partial charge is 0.246 e. The molecule has 2 heterocycles. The summed E-state index contributed by atoms with van der Waals surface area (Å²) in [6, 6.07) is 8.06. The van der Waals surface area contributed by atoms with Crippen LogP contribution >= 0.6 is 0 Å². The van der Waals surface area contributed by atoms with E-state index in [4.69, 9.17) is 9.47 Å². The third-order valence-electron chi connectivity index (χ3n) is 5.11. The number of amides is 1. The Hall–Kier alpha value is -4.28. The molecule has 0 saturated carbocycles. The SMILES string of the molecule is COc1cc(OC)c2c(Nc3cccc(NC(=O)Cn4cc(C(C)C)nn4)c3F)ncnc2c1. The van der Waals surface area contributed by atoms with E-state index in [2.05, 4.69) is 30.9 Å². The number of methoxy groups -OCH3 is 2. The first kappa shape index (κ1) is 22.9. The van der Waals surface area contributed by atoms with Crippen LogP contribution in [0.5, 0.6) is 11.5 Å². The maximum atomic E-state index is 15.3. The number of nitrogens with zero attached hydrogens (tertiary/aromatic N) is 5. The molecule has 10 nitrogen and oxygen atoms in total. The molecule has 34 heavy (non-hydrogen) atoms. The lowest BCUT2D eigenvalue weighted by molar-refractivity contribution is -0.116. The molecule has 176 valence electrons. The van der Waals surface area contributed by atoms with Gasteiger partial charge in [-0.3, -0.25) is 4.79 Å². The normalized spacial score (nSPS) is 11.0. The van der Waals surface area contributed by atoms with Gasteiger partial charge in [0.2, 0.25) is 5.91 Å². The quantitative estimate of drug-likeness (QED) is 0.403. The third kappa shape index (κ3) is 4.72. The van der Waals surface area contributed by atoms with Crippen molar-refractivity contribution in [2.45, 2.75) is 26.3 Å². The molecule has 0 unspecified atom stereocenters. The van der Waals surface area contributed by atoms with Crippen molar-refractivity contribution in [3.8, 4) is 11.5 Å². The summed E-state index contributed by atoms with van der Waals surface area (Å²) in [4.78, 5) is 21.0. The Labute approximate surface area is 195 Å². The average molecular weight is 465 g/mol. The number of benzene rings is 2. The van der Waals surface area contributed by atoms with Gasteiger partial charge in [0.1, 0.15) is 30.2 Å². The van der Waals surface area contributed by atoms with Crippen LogP contribution in [-0.4, -0.2) is 45.1 Å². The predicted molar refractivity (Wildman–Crippen MR) is 125 cm³/mol. The van der Waals surface area contributed by atoms with Crippen LogP contribution in [0.1, 0.15) is 25.5 Å². The highest BCUT2D eigenvalue weighted by molar-refractivity contribution is 5.97.